The van der Waals surface area contributed by atoms with E-state index in [4.69, 9.17) is 0 Å². The number of amides is 2. The van der Waals surface area contributed by atoms with E-state index in [0.29, 0.717) is 43.6 Å². The van der Waals surface area contributed by atoms with E-state index in [9.17, 15) is 13.6 Å². The van der Waals surface area contributed by atoms with Crippen molar-refractivity contribution in [2.75, 3.05) is 41.7 Å². The van der Waals surface area contributed by atoms with Crippen LogP contribution in [0.5, 0.6) is 0 Å². The summed E-state index contributed by atoms with van der Waals surface area (Å²) < 4.78 is 26.4. The minimum absolute atomic E-state index is 0.211. The number of aryl methyl sites for hydroxylation is 1. The highest BCUT2D eigenvalue weighted by Crippen LogP contribution is 2.20. The van der Waals surface area contributed by atoms with Crippen LogP contribution in [-0.4, -0.2) is 52.1 Å². The molecule has 0 bridgehead atoms. The monoisotopic (exact) mass is 425 g/mol. The molecule has 0 spiro atoms. The van der Waals surface area contributed by atoms with Gasteiger partial charge in [-0.1, -0.05) is 6.07 Å². The zero-order valence-corrected chi connectivity index (χ0v) is 16.8. The fraction of sp³-hybridized carbons (Fsp3) is 0.238. The van der Waals surface area contributed by atoms with Gasteiger partial charge in [0.1, 0.15) is 23.3 Å². The minimum atomic E-state index is -1.00. The quantitative estimate of drug-likeness (QED) is 0.665. The van der Waals surface area contributed by atoms with Crippen LogP contribution in [0.4, 0.5) is 36.7 Å². The Labute approximate surface area is 178 Å². The number of urea groups is 1. The Hall–Kier alpha value is -3.82. The van der Waals surface area contributed by atoms with Crippen molar-refractivity contribution in [1.82, 2.24) is 19.9 Å². The average molecular weight is 425 g/mol. The van der Waals surface area contributed by atoms with Crippen LogP contribution in [0.1, 0.15) is 5.82 Å². The predicted octanol–water partition coefficient (Wildman–Crippen LogP) is 3.56. The molecule has 2 N–H and O–H groups in total. The summed E-state index contributed by atoms with van der Waals surface area (Å²) in [5, 5.41) is 5.77. The average Bonchev–Trinajstić information content (AvgIpc) is 2.77. The molecule has 2 aromatic heterocycles. The van der Waals surface area contributed by atoms with Gasteiger partial charge in [-0.15, -0.1) is 0 Å². The number of nitrogens with one attached hydrogen (secondary N) is 2. The van der Waals surface area contributed by atoms with Gasteiger partial charge in [-0.2, -0.15) is 0 Å². The van der Waals surface area contributed by atoms with Gasteiger partial charge in [0.2, 0.25) is 0 Å². The number of carbonyl (C=O) groups excluding carboxylic acids is 1. The van der Waals surface area contributed by atoms with E-state index < -0.39 is 11.6 Å². The Bertz CT molecular complexity index is 1070. The molecule has 0 atom stereocenters. The number of halogens is 2. The highest BCUT2D eigenvalue weighted by Gasteiger charge is 2.23. The van der Waals surface area contributed by atoms with Gasteiger partial charge in [-0.25, -0.2) is 28.5 Å². The van der Waals surface area contributed by atoms with Gasteiger partial charge in [0.25, 0.3) is 0 Å². The SMILES string of the molecule is Cc1nc(Nc2ccccn2)cc(N2CCN(C(=O)Nc3ccc(F)c(F)c3)CC2)n1. The number of carbonyl (C=O) groups is 1. The van der Waals surface area contributed by atoms with Crippen LogP contribution in [0.3, 0.4) is 0 Å². The van der Waals surface area contributed by atoms with E-state index in [-0.39, 0.29) is 11.7 Å². The van der Waals surface area contributed by atoms with E-state index >= 15 is 0 Å². The van der Waals surface area contributed by atoms with Crippen molar-refractivity contribution < 1.29 is 13.6 Å². The minimum Gasteiger partial charge on any atom is -0.353 e. The van der Waals surface area contributed by atoms with Crippen LogP contribution in [0.15, 0.2) is 48.7 Å². The topological polar surface area (TPSA) is 86.3 Å². The maximum Gasteiger partial charge on any atom is 0.321 e. The molecule has 3 heterocycles. The van der Waals surface area contributed by atoms with Crippen molar-refractivity contribution in [3.05, 3.63) is 66.1 Å². The molecule has 2 amide bonds. The lowest BCUT2D eigenvalue weighted by molar-refractivity contribution is 0.208. The molecule has 0 unspecified atom stereocenters. The molecule has 1 aromatic carbocycles. The summed E-state index contributed by atoms with van der Waals surface area (Å²) in [5.74, 6) is 0.742. The molecule has 10 heteroatoms. The van der Waals surface area contributed by atoms with Gasteiger partial charge in [-0.3, -0.25) is 0 Å². The number of aromatic nitrogens is 3. The third-order valence-electron chi connectivity index (χ3n) is 4.81. The molecular weight excluding hydrogens is 404 g/mol. The lowest BCUT2D eigenvalue weighted by Gasteiger charge is -2.35. The molecular formula is C21H21F2N7O. The first-order valence-corrected chi connectivity index (χ1v) is 9.77. The second-order valence-corrected chi connectivity index (χ2v) is 7.03. The fourth-order valence-electron chi connectivity index (χ4n) is 3.26. The molecule has 0 saturated carbocycles. The zero-order valence-electron chi connectivity index (χ0n) is 16.8. The molecule has 1 aliphatic heterocycles. The molecule has 160 valence electrons. The third-order valence-corrected chi connectivity index (χ3v) is 4.81. The molecule has 8 nitrogen and oxygen atoms in total. The molecule has 4 rings (SSSR count). The van der Waals surface area contributed by atoms with E-state index in [1.165, 1.54) is 6.07 Å². The van der Waals surface area contributed by atoms with Gasteiger partial charge in [0.05, 0.1) is 0 Å². The lowest BCUT2D eigenvalue weighted by atomic mass is 10.3. The van der Waals surface area contributed by atoms with E-state index in [2.05, 4.69) is 30.5 Å². The highest BCUT2D eigenvalue weighted by molar-refractivity contribution is 5.89. The normalized spacial score (nSPS) is 13.8. The van der Waals surface area contributed by atoms with Crippen molar-refractivity contribution in [1.29, 1.82) is 0 Å². The Morgan fingerprint density at radius 1 is 0.968 bits per heavy atom. The molecule has 1 saturated heterocycles. The summed E-state index contributed by atoms with van der Waals surface area (Å²) in [4.78, 5) is 29.3. The number of hydrogen-bond acceptors (Lipinski definition) is 6. The largest absolute Gasteiger partial charge is 0.353 e. The Morgan fingerprint density at radius 2 is 1.77 bits per heavy atom. The van der Waals surface area contributed by atoms with Crippen molar-refractivity contribution in [3.63, 3.8) is 0 Å². The first kappa shape index (κ1) is 20.5. The lowest BCUT2D eigenvalue weighted by Crippen LogP contribution is -2.50. The fourth-order valence-corrected chi connectivity index (χ4v) is 3.26. The Balaban J connectivity index is 1.38. The molecule has 1 aliphatic rings. The number of pyridine rings is 1. The molecule has 1 fully saturated rings. The van der Waals surface area contributed by atoms with Crippen molar-refractivity contribution in [2.24, 2.45) is 0 Å². The standard InChI is InChI=1S/C21H21F2N7O/c1-14-25-19(28-18-4-2-3-7-24-18)13-20(26-14)29-8-10-30(11-9-29)21(31)27-15-5-6-16(22)17(23)12-15/h2-7,12-13H,8-11H2,1H3,(H,27,31)(H,24,25,26,28). The van der Waals surface area contributed by atoms with E-state index in [1.54, 1.807) is 11.1 Å². The summed E-state index contributed by atoms with van der Waals surface area (Å²) in [6.45, 7) is 3.89. The van der Waals surface area contributed by atoms with E-state index in [1.807, 2.05) is 31.2 Å². The predicted molar refractivity (Wildman–Crippen MR) is 113 cm³/mol. The summed E-state index contributed by atoms with van der Waals surface area (Å²) in [6.07, 6.45) is 1.70. The Kier molecular flexibility index (Phi) is 5.87. The van der Waals surface area contributed by atoms with Crippen molar-refractivity contribution >= 4 is 29.2 Å². The van der Waals surface area contributed by atoms with E-state index in [0.717, 1.165) is 18.0 Å². The van der Waals surface area contributed by atoms with Gasteiger partial charge in [-0.05, 0) is 31.2 Å². The number of benzene rings is 1. The van der Waals surface area contributed by atoms with Gasteiger partial charge < -0.3 is 20.4 Å². The van der Waals surface area contributed by atoms with Crippen LogP contribution in [0, 0.1) is 18.6 Å². The second-order valence-electron chi connectivity index (χ2n) is 7.03. The molecule has 31 heavy (non-hydrogen) atoms. The highest BCUT2D eigenvalue weighted by atomic mass is 19.2. The summed E-state index contributed by atoms with van der Waals surface area (Å²) in [6, 6.07) is 10.3. The van der Waals surface area contributed by atoms with Gasteiger partial charge in [0.15, 0.2) is 11.6 Å². The summed E-state index contributed by atoms with van der Waals surface area (Å²) in [5.41, 5.74) is 0.211. The number of rotatable bonds is 4. The van der Waals surface area contributed by atoms with Crippen LogP contribution in [0.25, 0.3) is 0 Å². The molecule has 3 aromatic rings. The van der Waals surface area contributed by atoms with Crippen molar-refractivity contribution in [3.8, 4) is 0 Å². The van der Waals surface area contributed by atoms with Crippen LogP contribution in [-0.2, 0) is 0 Å². The first-order chi connectivity index (χ1) is 15.0. The second kappa shape index (κ2) is 8.90. The number of piperazine rings is 1. The zero-order chi connectivity index (χ0) is 21.8. The van der Waals surface area contributed by atoms with Crippen LogP contribution in [0.2, 0.25) is 0 Å². The summed E-state index contributed by atoms with van der Waals surface area (Å²) >= 11 is 0. The maximum atomic E-state index is 13.3. The maximum absolute atomic E-state index is 13.3. The third kappa shape index (κ3) is 5.03. The van der Waals surface area contributed by atoms with Crippen LogP contribution >= 0.6 is 0 Å². The number of anilines is 4. The Morgan fingerprint density at radius 3 is 2.48 bits per heavy atom. The molecule has 0 radical (unpaired) electrons. The molecule has 0 aliphatic carbocycles. The first-order valence-electron chi connectivity index (χ1n) is 9.77. The van der Waals surface area contributed by atoms with Crippen LogP contribution < -0.4 is 15.5 Å². The van der Waals surface area contributed by atoms with Gasteiger partial charge in [0, 0.05) is 50.2 Å². The van der Waals surface area contributed by atoms with Crippen molar-refractivity contribution in [2.45, 2.75) is 6.92 Å². The van der Waals surface area contributed by atoms with Gasteiger partial charge >= 0.3 is 6.03 Å². The number of hydrogen-bond donors (Lipinski definition) is 2. The number of nitrogens with zero attached hydrogens (tertiary/aromatic N) is 5. The summed E-state index contributed by atoms with van der Waals surface area (Å²) in [7, 11) is 0. The smallest absolute Gasteiger partial charge is 0.321 e.